The van der Waals surface area contributed by atoms with E-state index in [4.69, 9.17) is 11.6 Å². The first-order chi connectivity index (χ1) is 8.81. The summed E-state index contributed by atoms with van der Waals surface area (Å²) < 4.78 is 0. The van der Waals surface area contributed by atoms with Crippen LogP contribution < -0.4 is 0 Å². The number of halogens is 1. The molecule has 0 spiro atoms. The molecule has 1 atom stereocenters. The lowest BCUT2D eigenvalue weighted by atomic mass is 9.81. The SMILES string of the molecule is Clc1ccc(CCCC2CC3CCN2CC3)cc1. The highest BCUT2D eigenvalue weighted by Gasteiger charge is 2.32. The zero-order chi connectivity index (χ0) is 12.4. The Hall–Kier alpha value is -0.530. The van der Waals surface area contributed by atoms with Crippen molar-refractivity contribution in [2.45, 2.75) is 44.6 Å². The van der Waals surface area contributed by atoms with Gasteiger partial charge in [0.25, 0.3) is 0 Å². The summed E-state index contributed by atoms with van der Waals surface area (Å²) in [4.78, 5) is 2.72. The van der Waals surface area contributed by atoms with Crippen LogP contribution in [0.2, 0.25) is 5.02 Å². The van der Waals surface area contributed by atoms with E-state index in [1.165, 1.54) is 57.2 Å². The Bertz CT molecular complexity index is 379. The third-order valence-electron chi connectivity index (χ3n) is 4.69. The average Bonchev–Trinajstić information content (AvgIpc) is 2.42. The van der Waals surface area contributed by atoms with Gasteiger partial charge in [0.15, 0.2) is 0 Å². The van der Waals surface area contributed by atoms with Gasteiger partial charge in [-0.2, -0.15) is 0 Å². The second-order valence-corrected chi connectivity index (χ2v) is 6.32. The smallest absolute Gasteiger partial charge is 0.0406 e. The van der Waals surface area contributed by atoms with Crippen molar-refractivity contribution in [2.24, 2.45) is 5.92 Å². The Balaban J connectivity index is 1.46. The van der Waals surface area contributed by atoms with Crippen LogP contribution in [0.25, 0.3) is 0 Å². The van der Waals surface area contributed by atoms with Gasteiger partial charge in [-0.3, -0.25) is 0 Å². The molecule has 0 N–H and O–H groups in total. The minimum atomic E-state index is 0.842. The number of benzene rings is 1. The largest absolute Gasteiger partial charge is 0.300 e. The molecule has 1 unspecified atom stereocenters. The van der Waals surface area contributed by atoms with Crippen molar-refractivity contribution in [3.63, 3.8) is 0 Å². The summed E-state index contributed by atoms with van der Waals surface area (Å²) in [6, 6.07) is 9.21. The highest BCUT2D eigenvalue weighted by atomic mass is 35.5. The predicted octanol–water partition coefficient (Wildman–Crippen LogP) is 4.15. The Morgan fingerprint density at radius 1 is 1.11 bits per heavy atom. The van der Waals surface area contributed by atoms with E-state index in [9.17, 15) is 0 Å². The van der Waals surface area contributed by atoms with Crippen molar-refractivity contribution in [3.8, 4) is 0 Å². The molecule has 1 aromatic carbocycles. The molecule has 1 aromatic rings. The molecular weight excluding hydrogens is 242 g/mol. The molecule has 3 saturated heterocycles. The number of hydrogen-bond acceptors (Lipinski definition) is 1. The Labute approximate surface area is 115 Å². The molecule has 3 heterocycles. The van der Waals surface area contributed by atoms with E-state index in [0.717, 1.165) is 17.0 Å². The third kappa shape index (κ3) is 2.89. The van der Waals surface area contributed by atoms with Gasteiger partial charge in [-0.05, 0) is 75.2 Å². The third-order valence-corrected chi connectivity index (χ3v) is 4.94. The molecule has 1 nitrogen and oxygen atoms in total. The van der Waals surface area contributed by atoms with Gasteiger partial charge in [-0.1, -0.05) is 23.7 Å². The summed E-state index contributed by atoms with van der Waals surface area (Å²) in [5.74, 6) is 1.04. The molecule has 0 aromatic heterocycles. The lowest BCUT2D eigenvalue weighted by Crippen LogP contribution is -2.48. The van der Waals surface area contributed by atoms with Gasteiger partial charge in [-0.25, -0.2) is 0 Å². The van der Waals surface area contributed by atoms with Crippen LogP contribution in [0.15, 0.2) is 24.3 Å². The molecule has 0 radical (unpaired) electrons. The number of hydrogen-bond donors (Lipinski definition) is 0. The standard InChI is InChI=1S/C16H22ClN/c17-15-6-4-13(5-7-15)2-1-3-16-12-14-8-10-18(16)11-9-14/h4-7,14,16H,1-3,8-12H2. The topological polar surface area (TPSA) is 3.24 Å². The summed E-state index contributed by atoms with van der Waals surface area (Å²) >= 11 is 5.90. The van der Waals surface area contributed by atoms with E-state index in [1.54, 1.807) is 0 Å². The maximum Gasteiger partial charge on any atom is 0.0406 e. The average molecular weight is 264 g/mol. The highest BCUT2D eigenvalue weighted by molar-refractivity contribution is 6.30. The molecule has 18 heavy (non-hydrogen) atoms. The summed E-state index contributed by atoms with van der Waals surface area (Å²) in [7, 11) is 0. The van der Waals surface area contributed by atoms with Gasteiger partial charge in [0, 0.05) is 11.1 Å². The number of nitrogens with zero attached hydrogens (tertiary/aromatic N) is 1. The van der Waals surface area contributed by atoms with Gasteiger partial charge in [-0.15, -0.1) is 0 Å². The van der Waals surface area contributed by atoms with Crippen LogP contribution in [0.1, 0.15) is 37.7 Å². The lowest BCUT2D eigenvalue weighted by molar-refractivity contribution is 0.0442. The normalized spacial score (nSPS) is 30.6. The van der Waals surface area contributed by atoms with Crippen molar-refractivity contribution in [2.75, 3.05) is 13.1 Å². The van der Waals surface area contributed by atoms with Crippen molar-refractivity contribution in [3.05, 3.63) is 34.9 Å². The fraction of sp³-hybridized carbons (Fsp3) is 0.625. The van der Waals surface area contributed by atoms with E-state index < -0.39 is 0 Å². The monoisotopic (exact) mass is 263 g/mol. The van der Waals surface area contributed by atoms with Gasteiger partial charge in [0.05, 0.1) is 0 Å². The highest BCUT2D eigenvalue weighted by Crippen LogP contribution is 2.33. The van der Waals surface area contributed by atoms with Crippen LogP contribution in [0.4, 0.5) is 0 Å². The maximum absolute atomic E-state index is 5.90. The van der Waals surface area contributed by atoms with Gasteiger partial charge >= 0.3 is 0 Å². The molecule has 2 bridgehead atoms. The van der Waals surface area contributed by atoms with E-state index in [2.05, 4.69) is 17.0 Å². The molecular formula is C16H22ClN. The second kappa shape index (κ2) is 5.63. The summed E-state index contributed by atoms with van der Waals surface area (Å²) in [5, 5.41) is 0.842. The fourth-order valence-corrected chi connectivity index (χ4v) is 3.71. The van der Waals surface area contributed by atoms with Crippen molar-refractivity contribution >= 4 is 11.6 Å². The zero-order valence-corrected chi connectivity index (χ0v) is 11.7. The molecule has 2 heteroatoms. The second-order valence-electron chi connectivity index (χ2n) is 5.89. The molecule has 0 aliphatic carbocycles. The van der Waals surface area contributed by atoms with E-state index in [-0.39, 0.29) is 0 Å². The number of piperidine rings is 3. The van der Waals surface area contributed by atoms with E-state index in [0.29, 0.717) is 0 Å². The summed E-state index contributed by atoms with van der Waals surface area (Å²) in [6.07, 6.45) is 8.25. The minimum absolute atomic E-state index is 0.842. The molecule has 0 saturated carbocycles. The molecule has 3 aliphatic heterocycles. The van der Waals surface area contributed by atoms with E-state index in [1.807, 2.05) is 12.1 Å². The molecule has 3 fully saturated rings. The van der Waals surface area contributed by atoms with E-state index >= 15 is 0 Å². The Morgan fingerprint density at radius 3 is 2.44 bits per heavy atom. The Morgan fingerprint density at radius 2 is 1.83 bits per heavy atom. The molecule has 4 rings (SSSR count). The number of rotatable bonds is 4. The summed E-state index contributed by atoms with van der Waals surface area (Å²) in [5.41, 5.74) is 1.43. The van der Waals surface area contributed by atoms with Crippen LogP contribution in [-0.2, 0) is 6.42 Å². The van der Waals surface area contributed by atoms with Crippen molar-refractivity contribution in [1.82, 2.24) is 4.90 Å². The first kappa shape index (κ1) is 12.5. The zero-order valence-electron chi connectivity index (χ0n) is 10.9. The van der Waals surface area contributed by atoms with Crippen LogP contribution in [0, 0.1) is 5.92 Å². The van der Waals surface area contributed by atoms with Crippen LogP contribution in [0.5, 0.6) is 0 Å². The first-order valence-electron chi connectivity index (χ1n) is 7.30. The van der Waals surface area contributed by atoms with Crippen LogP contribution in [-0.4, -0.2) is 24.0 Å². The van der Waals surface area contributed by atoms with Crippen LogP contribution in [0.3, 0.4) is 0 Å². The lowest BCUT2D eigenvalue weighted by Gasteiger charge is -2.45. The molecule has 0 amide bonds. The minimum Gasteiger partial charge on any atom is -0.300 e. The Kier molecular flexibility index (Phi) is 3.91. The van der Waals surface area contributed by atoms with Crippen LogP contribution >= 0.6 is 11.6 Å². The quantitative estimate of drug-likeness (QED) is 0.789. The first-order valence-corrected chi connectivity index (χ1v) is 7.67. The van der Waals surface area contributed by atoms with Gasteiger partial charge in [0.2, 0.25) is 0 Å². The van der Waals surface area contributed by atoms with Gasteiger partial charge < -0.3 is 4.90 Å². The molecule has 3 aliphatic rings. The van der Waals surface area contributed by atoms with Crippen molar-refractivity contribution in [1.29, 1.82) is 0 Å². The number of fused-ring (bicyclic) bond motifs is 3. The van der Waals surface area contributed by atoms with Crippen molar-refractivity contribution < 1.29 is 0 Å². The van der Waals surface area contributed by atoms with Gasteiger partial charge in [0.1, 0.15) is 0 Å². The summed E-state index contributed by atoms with van der Waals surface area (Å²) in [6.45, 7) is 2.71. The fourth-order valence-electron chi connectivity index (χ4n) is 3.58. The molecule has 98 valence electrons. The number of aryl methyl sites for hydroxylation is 1. The predicted molar refractivity (Wildman–Crippen MR) is 77.1 cm³/mol. The maximum atomic E-state index is 5.90.